The Morgan fingerprint density at radius 3 is 2.29 bits per heavy atom. The first-order valence-corrected chi connectivity index (χ1v) is 13.3. The molecule has 6 rings (SSSR count). The standard InChI is InChI=1S/C34H28N6O/c1-21(41)37-26-12-14-27(15-13-26)38-28-6-4-5-23(17-28)24-9-16-30-29(18-24)32-31(19-36-30)39-40-33(32)22-7-10-25(11-8-22)34(2,3)20-35/h4-19,38H,1-3H3,(H,37,41)(H,39,40). The molecule has 0 unspecified atom stereocenters. The number of hydrogen-bond donors (Lipinski definition) is 3. The summed E-state index contributed by atoms with van der Waals surface area (Å²) in [5.74, 6) is -0.0960. The molecule has 0 spiro atoms. The molecule has 0 saturated carbocycles. The SMILES string of the molecule is CC(=O)Nc1ccc(Nc2cccc(-c3ccc4ncc5[nH]nc(-c6ccc(C(C)(C)C#N)cc6)c5c4c3)c2)cc1. The number of nitrogens with zero attached hydrogens (tertiary/aromatic N) is 3. The lowest BCUT2D eigenvalue weighted by atomic mass is 9.86. The zero-order chi connectivity index (χ0) is 28.6. The van der Waals surface area contributed by atoms with E-state index >= 15 is 0 Å². The molecule has 2 aromatic heterocycles. The van der Waals surface area contributed by atoms with E-state index in [0.29, 0.717) is 0 Å². The van der Waals surface area contributed by atoms with Crippen molar-refractivity contribution in [1.82, 2.24) is 15.2 Å². The second-order valence-electron chi connectivity index (χ2n) is 10.6. The molecule has 0 radical (unpaired) electrons. The Balaban J connectivity index is 1.35. The van der Waals surface area contributed by atoms with Crippen molar-refractivity contribution in [3.8, 4) is 28.5 Å². The van der Waals surface area contributed by atoms with Gasteiger partial charge in [0.2, 0.25) is 5.91 Å². The van der Waals surface area contributed by atoms with Crippen LogP contribution in [0.15, 0.2) is 97.2 Å². The second-order valence-corrected chi connectivity index (χ2v) is 10.6. The predicted octanol–water partition coefficient (Wildman–Crippen LogP) is 7.95. The van der Waals surface area contributed by atoms with E-state index in [9.17, 15) is 10.1 Å². The fourth-order valence-corrected chi connectivity index (χ4v) is 4.99. The quantitative estimate of drug-likeness (QED) is 0.200. The Labute approximate surface area is 237 Å². The van der Waals surface area contributed by atoms with E-state index in [1.807, 2.05) is 86.8 Å². The number of aromatic nitrogens is 3. The first-order chi connectivity index (χ1) is 19.8. The molecule has 6 aromatic rings. The van der Waals surface area contributed by atoms with Crippen molar-refractivity contribution in [3.63, 3.8) is 0 Å². The van der Waals surface area contributed by atoms with Crippen molar-refractivity contribution in [3.05, 3.63) is 103 Å². The Bertz CT molecular complexity index is 1950. The lowest BCUT2D eigenvalue weighted by Crippen LogP contribution is -2.13. The van der Waals surface area contributed by atoms with Gasteiger partial charge in [-0.25, -0.2) is 0 Å². The zero-order valence-corrected chi connectivity index (χ0v) is 23.0. The van der Waals surface area contributed by atoms with Gasteiger partial charge in [-0.05, 0) is 79.1 Å². The van der Waals surface area contributed by atoms with Gasteiger partial charge >= 0.3 is 0 Å². The lowest BCUT2D eigenvalue weighted by molar-refractivity contribution is -0.114. The number of nitrogens with one attached hydrogen (secondary N) is 3. The van der Waals surface area contributed by atoms with Crippen LogP contribution in [-0.2, 0) is 10.2 Å². The van der Waals surface area contributed by atoms with E-state index in [0.717, 1.165) is 66.8 Å². The third-order valence-corrected chi connectivity index (χ3v) is 7.24. The topological polar surface area (TPSA) is 106 Å². The molecule has 4 aromatic carbocycles. The number of pyridine rings is 1. The Morgan fingerprint density at radius 2 is 1.56 bits per heavy atom. The van der Waals surface area contributed by atoms with E-state index in [2.05, 4.69) is 56.1 Å². The normalized spacial score (nSPS) is 11.4. The molecule has 0 aliphatic rings. The van der Waals surface area contributed by atoms with Crippen LogP contribution in [-0.4, -0.2) is 21.1 Å². The molecule has 41 heavy (non-hydrogen) atoms. The maximum atomic E-state index is 11.3. The van der Waals surface area contributed by atoms with Crippen LogP contribution in [0.2, 0.25) is 0 Å². The van der Waals surface area contributed by atoms with E-state index < -0.39 is 5.41 Å². The first-order valence-electron chi connectivity index (χ1n) is 13.3. The number of carbonyl (C=O) groups excluding carboxylic acids is 1. The van der Waals surface area contributed by atoms with Crippen LogP contribution in [0.5, 0.6) is 0 Å². The Kier molecular flexibility index (Phi) is 6.44. The van der Waals surface area contributed by atoms with E-state index in [1.165, 1.54) is 6.92 Å². The minimum atomic E-state index is -0.558. The molecule has 200 valence electrons. The highest BCUT2D eigenvalue weighted by Crippen LogP contribution is 2.35. The molecule has 2 heterocycles. The minimum Gasteiger partial charge on any atom is -0.356 e. The molecule has 1 amide bonds. The summed E-state index contributed by atoms with van der Waals surface area (Å²) >= 11 is 0. The summed E-state index contributed by atoms with van der Waals surface area (Å²) < 4.78 is 0. The van der Waals surface area contributed by atoms with Crippen LogP contribution < -0.4 is 10.6 Å². The molecule has 0 saturated heterocycles. The summed E-state index contributed by atoms with van der Waals surface area (Å²) in [4.78, 5) is 16.0. The van der Waals surface area contributed by atoms with Gasteiger partial charge in [0.1, 0.15) is 5.69 Å². The number of fused-ring (bicyclic) bond motifs is 3. The van der Waals surface area contributed by atoms with E-state index in [4.69, 9.17) is 0 Å². The van der Waals surface area contributed by atoms with Crippen LogP contribution in [0.4, 0.5) is 17.1 Å². The van der Waals surface area contributed by atoms with Crippen molar-refractivity contribution in [1.29, 1.82) is 5.26 Å². The highest BCUT2D eigenvalue weighted by atomic mass is 16.1. The van der Waals surface area contributed by atoms with Crippen molar-refractivity contribution in [2.45, 2.75) is 26.2 Å². The third kappa shape index (κ3) is 5.11. The molecule has 0 atom stereocenters. The van der Waals surface area contributed by atoms with Gasteiger partial charge in [0.25, 0.3) is 0 Å². The van der Waals surface area contributed by atoms with Crippen LogP contribution in [0.1, 0.15) is 26.3 Å². The van der Waals surface area contributed by atoms with Crippen molar-refractivity contribution >= 4 is 44.8 Å². The minimum absolute atomic E-state index is 0.0960. The highest BCUT2D eigenvalue weighted by molar-refractivity contribution is 6.11. The van der Waals surface area contributed by atoms with Crippen LogP contribution >= 0.6 is 0 Å². The Hall–Kier alpha value is -5.48. The molecule has 3 N–H and O–H groups in total. The summed E-state index contributed by atoms with van der Waals surface area (Å²) in [7, 11) is 0. The molecule has 0 fully saturated rings. The van der Waals surface area contributed by atoms with Gasteiger partial charge in [0.05, 0.1) is 28.7 Å². The van der Waals surface area contributed by atoms with Crippen molar-refractivity contribution < 1.29 is 4.79 Å². The average Bonchev–Trinajstić information content (AvgIpc) is 3.43. The number of benzene rings is 4. The summed E-state index contributed by atoms with van der Waals surface area (Å²) in [5, 5.41) is 25.6. The van der Waals surface area contributed by atoms with Gasteiger partial charge in [0, 0.05) is 40.3 Å². The summed E-state index contributed by atoms with van der Waals surface area (Å²) in [6.07, 6.45) is 1.82. The number of H-pyrrole nitrogens is 1. The predicted molar refractivity (Wildman–Crippen MR) is 165 cm³/mol. The fraction of sp³-hybridized carbons (Fsp3) is 0.118. The number of rotatable bonds is 6. The van der Waals surface area contributed by atoms with E-state index in [1.54, 1.807) is 0 Å². The third-order valence-electron chi connectivity index (χ3n) is 7.24. The molecule has 0 aliphatic heterocycles. The maximum absolute atomic E-state index is 11.3. The summed E-state index contributed by atoms with van der Waals surface area (Å²) in [6.45, 7) is 5.33. The number of anilines is 3. The lowest BCUT2D eigenvalue weighted by Gasteiger charge is -2.15. The monoisotopic (exact) mass is 536 g/mol. The van der Waals surface area contributed by atoms with Gasteiger partial charge in [-0.15, -0.1) is 0 Å². The summed E-state index contributed by atoms with van der Waals surface area (Å²) in [6, 6.07) is 32.6. The van der Waals surface area contributed by atoms with Crippen molar-refractivity contribution in [2.75, 3.05) is 10.6 Å². The first kappa shape index (κ1) is 25.8. The number of aromatic amines is 1. The average molecular weight is 537 g/mol. The van der Waals surface area contributed by atoms with Crippen LogP contribution in [0.25, 0.3) is 44.2 Å². The molecule has 7 nitrogen and oxygen atoms in total. The fourth-order valence-electron chi connectivity index (χ4n) is 4.99. The Morgan fingerprint density at radius 1 is 0.854 bits per heavy atom. The van der Waals surface area contributed by atoms with Gasteiger partial charge < -0.3 is 10.6 Å². The smallest absolute Gasteiger partial charge is 0.221 e. The van der Waals surface area contributed by atoms with Crippen molar-refractivity contribution in [2.24, 2.45) is 0 Å². The molecule has 0 aliphatic carbocycles. The van der Waals surface area contributed by atoms with E-state index in [-0.39, 0.29) is 5.91 Å². The van der Waals surface area contributed by atoms with Gasteiger partial charge in [-0.1, -0.05) is 42.5 Å². The number of amides is 1. The number of carbonyl (C=O) groups is 1. The van der Waals surface area contributed by atoms with Gasteiger partial charge in [-0.3, -0.25) is 14.9 Å². The van der Waals surface area contributed by atoms with Gasteiger partial charge in [-0.2, -0.15) is 10.4 Å². The molecular formula is C34H28N6O. The van der Waals surface area contributed by atoms with Crippen LogP contribution in [0, 0.1) is 11.3 Å². The largest absolute Gasteiger partial charge is 0.356 e. The molecular weight excluding hydrogens is 508 g/mol. The second kappa shape index (κ2) is 10.2. The molecule has 7 heteroatoms. The maximum Gasteiger partial charge on any atom is 0.221 e. The number of nitriles is 1. The number of hydrogen-bond acceptors (Lipinski definition) is 5. The zero-order valence-electron chi connectivity index (χ0n) is 23.0. The highest BCUT2D eigenvalue weighted by Gasteiger charge is 2.20. The van der Waals surface area contributed by atoms with Gasteiger partial charge in [0.15, 0.2) is 0 Å². The summed E-state index contributed by atoms with van der Waals surface area (Å²) in [5.41, 5.74) is 8.75. The van der Waals surface area contributed by atoms with Crippen LogP contribution in [0.3, 0.4) is 0 Å². The molecule has 0 bridgehead atoms.